The second kappa shape index (κ2) is 4.15. The van der Waals surface area contributed by atoms with Crippen LogP contribution in [0.2, 0.25) is 0 Å². The average molecular weight is 163 g/mol. The van der Waals surface area contributed by atoms with E-state index < -0.39 is 0 Å². The molecule has 0 saturated carbocycles. The molecule has 0 atom stereocenters. The molecule has 0 heterocycles. The molecule has 1 aromatic rings. The largest absolute Gasteiger partial charge is 0.496 e. The topological polar surface area (TPSA) is 9.23 Å². The van der Waals surface area contributed by atoms with E-state index in [4.69, 9.17) is 4.74 Å². The Labute approximate surface area is 74.4 Å². The predicted molar refractivity (Wildman–Crippen MR) is 50.6 cm³/mol. The lowest BCUT2D eigenvalue weighted by Crippen LogP contribution is -1.92. The molecular formula is C11H15O. The summed E-state index contributed by atoms with van der Waals surface area (Å²) in [6.07, 6.45) is 2.02. The highest BCUT2D eigenvalue weighted by Crippen LogP contribution is 2.20. The van der Waals surface area contributed by atoms with Crippen molar-refractivity contribution < 1.29 is 4.74 Å². The molecule has 0 unspecified atom stereocenters. The molecule has 0 aliphatic heterocycles. The van der Waals surface area contributed by atoms with Gasteiger partial charge >= 0.3 is 0 Å². The molecule has 1 radical (unpaired) electrons. The first-order chi connectivity index (χ1) is 5.81. The molecule has 12 heavy (non-hydrogen) atoms. The van der Waals surface area contributed by atoms with E-state index in [2.05, 4.69) is 26.0 Å². The smallest absolute Gasteiger partial charge is 0.122 e. The van der Waals surface area contributed by atoms with Crippen molar-refractivity contribution in [2.24, 2.45) is 0 Å². The van der Waals surface area contributed by atoms with E-state index in [-0.39, 0.29) is 0 Å². The minimum Gasteiger partial charge on any atom is -0.496 e. The SMILES string of the molecule is CCc1[c]cc(CC)c(OC)c1. The average Bonchev–Trinajstić information content (AvgIpc) is 2.16. The van der Waals surface area contributed by atoms with E-state index in [1.165, 1.54) is 11.1 Å². The second-order valence-electron chi connectivity index (χ2n) is 2.76. The lowest BCUT2D eigenvalue weighted by atomic mass is 10.1. The van der Waals surface area contributed by atoms with Crippen LogP contribution in [0.1, 0.15) is 25.0 Å². The third kappa shape index (κ3) is 1.79. The fourth-order valence-corrected chi connectivity index (χ4v) is 1.21. The fraction of sp³-hybridized carbons (Fsp3) is 0.455. The zero-order valence-electron chi connectivity index (χ0n) is 7.98. The minimum absolute atomic E-state index is 0.994. The highest BCUT2D eigenvalue weighted by molar-refractivity contribution is 5.36. The van der Waals surface area contributed by atoms with Gasteiger partial charge in [-0.3, -0.25) is 0 Å². The maximum absolute atomic E-state index is 5.26. The first-order valence-corrected chi connectivity index (χ1v) is 4.39. The second-order valence-corrected chi connectivity index (χ2v) is 2.76. The van der Waals surface area contributed by atoms with Crippen molar-refractivity contribution in [3.05, 3.63) is 29.3 Å². The predicted octanol–water partition coefficient (Wildman–Crippen LogP) is 2.62. The van der Waals surface area contributed by atoms with Crippen molar-refractivity contribution in [3.8, 4) is 5.75 Å². The van der Waals surface area contributed by atoms with E-state index in [9.17, 15) is 0 Å². The van der Waals surface area contributed by atoms with Crippen LogP contribution in [0, 0.1) is 6.07 Å². The maximum atomic E-state index is 5.26. The number of aryl methyl sites for hydroxylation is 2. The van der Waals surface area contributed by atoms with Crippen molar-refractivity contribution in [3.63, 3.8) is 0 Å². The lowest BCUT2D eigenvalue weighted by Gasteiger charge is -2.07. The van der Waals surface area contributed by atoms with Crippen LogP contribution in [0.25, 0.3) is 0 Å². The Morgan fingerprint density at radius 2 is 2.08 bits per heavy atom. The normalized spacial score (nSPS) is 9.92. The lowest BCUT2D eigenvalue weighted by molar-refractivity contribution is 0.409. The molecule has 1 aromatic carbocycles. The summed E-state index contributed by atoms with van der Waals surface area (Å²) in [7, 11) is 1.72. The van der Waals surface area contributed by atoms with Gasteiger partial charge < -0.3 is 4.74 Å². The first kappa shape index (κ1) is 9.11. The van der Waals surface area contributed by atoms with E-state index in [0.717, 1.165) is 18.6 Å². The van der Waals surface area contributed by atoms with Gasteiger partial charge in [0, 0.05) is 0 Å². The number of hydrogen-bond donors (Lipinski definition) is 0. The minimum atomic E-state index is 0.994. The van der Waals surface area contributed by atoms with Gasteiger partial charge in [-0.15, -0.1) is 0 Å². The summed E-state index contributed by atoms with van der Waals surface area (Å²) in [5.74, 6) is 0.994. The summed E-state index contributed by atoms with van der Waals surface area (Å²) >= 11 is 0. The quantitative estimate of drug-likeness (QED) is 0.665. The van der Waals surface area contributed by atoms with E-state index in [0.29, 0.717) is 0 Å². The summed E-state index contributed by atoms with van der Waals surface area (Å²) in [5, 5.41) is 0. The summed E-state index contributed by atoms with van der Waals surface area (Å²) in [6.45, 7) is 4.24. The van der Waals surface area contributed by atoms with Gasteiger partial charge in [0.2, 0.25) is 0 Å². The molecule has 0 bridgehead atoms. The monoisotopic (exact) mass is 163 g/mol. The fourth-order valence-electron chi connectivity index (χ4n) is 1.21. The molecule has 0 amide bonds. The molecule has 1 heteroatoms. The van der Waals surface area contributed by atoms with Crippen molar-refractivity contribution >= 4 is 0 Å². The Morgan fingerprint density at radius 3 is 2.58 bits per heavy atom. The molecule has 0 spiro atoms. The summed E-state index contributed by atoms with van der Waals surface area (Å²) in [6, 6.07) is 7.33. The highest BCUT2D eigenvalue weighted by Gasteiger charge is 2.00. The van der Waals surface area contributed by atoms with Crippen LogP contribution in [0.5, 0.6) is 5.75 Å². The number of rotatable bonds is 3. The van der Waals surface area contributed by atoms with Crippen LogP contribution >= 0.6 is 0 Å². The van der Waals surface area contributed by atoms with Gasteiger partial charge in [-0.25, -0.2) is 0 Å². The van der Waals surface area contributed by atoms with Gasteiger partial charge in [-0.05, 0) is 42.2 Å². The molecule has 0 aromatic heterocycles. The Kier molecular flexibility index (Phi) is 3.15. The molecular weight excluding hydrogens is 148 g/mol. The van der Waals surface area contributed by atoms with Gasteiger partial charge in [0.25, 0.3) is 0 Å². The standard InChI is InChI=1S/C11H15O/c1-4-9-6-7-10(5-2)11(8-9)12-3/h7-8H,4-5H2,1-3H3. The zero-order chi connectivity index (χ0) is 8.97. The van der Waals surface area contributed by atoms with Gasteiger partial charge in [0.05, 0.1) is 7.11 Å². The van der Waals surface area contributed by atoms with Crippen LogP contribution in [0.15, 0.2) is 12.1 Å². The third-order valence-corrected chi connectivity index (χ3v) is 2.04. The van der Waals surface area contributed by atoms with E-state index in [1.807, 2.05) is 6.07 Å². The van der Waals surface area contributed by atoms with E-state index in [1.54, 1.807) is 7.11 Å². The summed E-state index contributed by atoms with van der Waals surface area (Å²) in [4.78, 5) is 0. The molecule has 1 nitrogen and oxygen atoms in total. The summed E-state index contributed by atoms with van der Waals surface area (Å²) < 4.78 is 5.26. The Bertz CT molecular complexity index is 253. The maximum Gasteiger partial charge on any atom is 0.122 e. The molecule has 0 fully saturated rings. The van der Waals surface area contributed by atoms with Crippen molar-refractivity contribution in [1.82, 2.24) is 0 Å². The van der Waals surface area contributed by atoms with Crippen molar-refractivity contribution in [2.75, 3.05) is 7.11 Å². The molecule has 0 aliphatic rings. The van der Waals surface area contributed by atoms with Gasteiger partial charge in [0.1, 0.15) is 5.75 Å². The number of ether oxygens (including phenoxy) is 1. The molecule has 0 aliphatic carbocycles. The van der Waals surface area contributed by atoms with Crippen LogP contribution in [-0.2, 0) is 12.8 Å². The van der Waals surface area contributed by atoms with Crippen LogP contribution in [-0.4, -0.2) is 7.11 Å². The number of benzene rings is 1. The van der Waals surface area contributed by atoms with Crippen LogP contribution < -0.4 is 4.74 Å². The van der Waals surface area contributed by atoms with Gasteiger partial charge in [0.15, 0.2) is 0 Å². The van der Waals surface area contributed by atoms with Crippen molar-refractivity contribution in [1.29, 1.82) is 0 Å². The van der Waals surface area contributed by atoms with Gasteiger partial charge in [-0.1, -0.05) is 13.8 Å². The molecule has 0 saturated heterocycles. The van der Waals surface area contributed by atoms with Crippen molar-refractivity contribution in [2.45, 2.75) is 26.7 Å². The Balaban J connectivity index is 3.02. The Hall–Kier alpha value is -0.980. The zero-order valence-corrected chi connectivity index (χ0v) is 7.98. The van der Waals surface area contributed by atoms with Gasteiger partial charge in [-0.2, -0.15) is 0 Å². The van der Waals surface area contributed by atoms with Crippen LogP contribution in [0.3, 0.4) is 0 Å². The van der Waals surface area contributed by atoms with E-state index >= 15 is 0 Å². The summed E-state index contributed by atoms with van der Waals surface area (Å²) in [5.41, 5.74) is 2.44. The molecule has 0 N–H and O–H groups in total. The van der Waals surface area contributed by atoms with Crippen LogP contribution in [0.4, 0.5) is 0 Å². The molecule has 1 rings (SSSR count). The Morgan fingerprint density at radius 1 is 1.33 bits per heavy atom. The third-order valence-electron chi connectivity index (χ3n) is 2.04. The first-order valence-electron chi connectivity index (χ1n) is 4.39. The number of methoxy groups -OCH3 is 1. The molecule has 65 valence electrons. The highest BCUT2D eigenvalue weighted by atomic mass is 16.5. The number of hydrogen-bond acceptors (Lipinski definition) is 1.